The van der Waals surface area contributed by atoms with Crippen LogP contribution in [0.25, 0.3) is 0 Å². The van der Waals surface area contributed by atoms with Crippen LogP contribution in [-0.2, 0) is 0 Å². The average molecular weight is 270 g/mol. The van der Waals surface area contributed by atoms with E-state index >= 15 is 0 Å². The predicted octanol–water partition coefficient (Wildman–Crippen LogP) is 2.13. The highest BCUT2D eigenvalue weighted by atomic mass is 19.1. The fourth-order valence-electron chi connectivity index (χ4n) is 2.13. The molecule has 0 radical (unpaired) electrons. The van der Waals surface area contributed by atoms with Gasteiger partial charge in [-0.15, -0.1) is 0 Å². The molecule has 104 valence electrons. The number of carbonyl (C=O) groups is 1. The normalized spacial score (nSPS) is 18.3. The molecule has 6 heteroatoms. The van der Waals surface area contributed by atoms with Gasteiger partial charge >= 0.3 is 6.09 Å². The number of benzene rings is 1. The smallest absolute Gasteiger partial charge is 0.407 e. The van der Waals surface area contributed by atoms with E-state index in [-0.39, 0.29) is 12.4 Å². The molecule has 1 saturated heterocycles. The van der Waals surface area contributed by atoms with Crippen molar-refractivity contribution in [2.45, 2.75) is 6.17 Å². The maximum Gasteiger partial charge on any atom is 0.407 e. The van der Waals surface area contributed by atoms with Gasteiger partial charge in [-0.2, -0.15) is 0 Å². The molecule has 2 rings (SSSR count). The number of alkyl halides is 1. The second kappa shape index (κ2) is 5.97. The molecule has 1 amide bonds. The number of piperazine rings is 1. The minimum Gasteiger partial charge on any atom is -0.465 e. The van der Waals surface area contributed by atoms with E-state index in [1.54, 1.807) is 0 Å². The SMILES string of the molecule is O=C(O)N1CCN(CC(F)c2ccc(F)cc2)CC1. The first-order chi connectivity index (χ1) is 9.06. The molecule has 19 heavy (non-hydrogen) atoms. The van der Waals surface area contributed by atoms with Gasteiger partial charge in [-0.3, -0.25) is 4.90 Å². The molecule has 4 nitrogen and oxygen atoms in total. The number of rotatable bonds is 3. The molecule has 1 unspecified atom stereocenters. The maximum absolute atomic E-state index is 14.0. The van der Waals surface area contributed by atoms with E-state index in [0.717, 1.165) is 0 Å². The van der Waals surface area contributed by atoms with Gasteiger partial charge in [-0.1, -0.05) is 12.1 Å². The van der Waals surface area contributed by atoms with E-state index in [0.29, 0.717) is 31.7 Å². The van der Waals surface area contributed by atoms with Crippen molar-refractivity contribution in [2.75, 3.05) is 32.7 Å². The maximum atomic E-state index is 14.0. The van der Waals surface area contributed by atoms with E-state index in [2.05, 4.69) is 0 Å². The molecule has 0 aliphatic carbocycles. The molecule has 1 heterocycles. The molecule has 1 aromatic rings. The Morgan fingerprint density at radius 3 is 2.32 bits per heavy atom. The third-order valence-electron chi connectivity index (χ3n) is 3.29. The van der Waals surface area contributed by atoms with E-state index < -0.39 is 12.3 Å². The summed E-state index contributed by atoms with van der Waals surface area (Å²) in [6, 6.07) is 5.36. The number of carboxylic acid groups (broad SMARTS) is 1. The molecule has 1 fully saturated rings. The summed E-state index contributed by atoms with van der Waals surface area (Å²) in [7, 11) is 0. The van der Waals surface area contributed by atoms with E-state index in [1.165, 1.54) is 29.2 Å². The van der Waals surface area contributed by atoms with Crippen molar-refractivity contribution in [3.05, 3.63) is 35.6 Å². The molecule has 1 aromatic carbocycles. The highest BCUT2D eigenvalue weighted by molar-refractivity contribution is 5.65. The molecule has 0 saturated carbocycles. The van der Waals surface area contributed by atoms with Crippen molar-refractivity contribution in [3.63, 3.8) is 0 Å². The second-order valence-corrected chi connectivity index (χ2v) is 4.59. The van der Waals surface area contributed by atoms with Gasteiger partial charge in [-0.05, 0) is 17.7 Å². The fraction of sp³-hybridized carbons (Fsp3) is 0.462. The molecular formula is C13H16F2N2O2. The molecule has 0 bridgehead atoms. The Hall–Kier alpha value is -1.69. The van der Waals surface area contributed by atoms with Crippen LogP contribution in [0.1, 0.15) is 11.7 Å². The minimum absolute atomic E-state index is 0.207. The summed E-state index contributed by atoms with van der Waals surface area (Å²) in [6.07, 6.45) is -2.12. The minimum atomic E-state index is -1.18. The van der Waals surface area contributed by atoms with Crippen molar-refractivity contribution >= 4 is 6.09 Å². The van der Waals surface area contributed by atoms with Crippen molar-refractivity contribution < 1.29 is 18.7 Å². The average Bonchev–Trinajstić information content (AvgIpc) is 2.40. The lowest BCUT2D eigenvalue weighted by Crippen LogP contribution is -2.48. The van der Waals surface area contributed by atoms with E-state index in [4.69, 9.17) is 5.11 Å². The van der Waals surface area contributed by atoms with Crippen LogP contribution in [-0.4, -0.2) is 53.7 Å². The van der Waals surface area contributed by atoms with Crippen molar-refractivity contribution in [1.82, 2.24) is 9.80 Å². The van der Waals surface area contributed by atoms with E-state index in [1.807, 2.05) is 4.90 Å². The highest BCUT2D eigenvalue weighted by Gasteiger charge is 2.22. The monoisotopic (exact) mass is 270 g/mol. The van der Waals surface area contributed by atoms with Gasteiger partial charge in [0.25, 0.3) is 0 Å². The summed E-state index contributed by atoms with van der Waals surface area (Å²) in [5.74, 6) is -0.383. The molecule has 1 atom stereocenters. The van der Waals surface area contributed by atoms with Gasteiger partial charge in [0.05, 0.1) is 0 Å². The molecule has 1 aliphatic rings. The zero-order valence-corrected chi connectivity index (χ0v) is 10.4. The van der Waals surface area contributed by atoms with Gasteiger partial charge < -0.3 is 10.0 Å². The Balaban J connectivity index is 1.85. The Kier molecular flexibility index (Phi) is 4.31. The van der Waals surface area contributed by atoms with Gasteiger partial charge in [-0.25, -0.2) is 13.6 Å². The summed E-state index contributed by atoms with van der Waals surface area (Å²) >= 11 is 0. The Bertz CT molecular complexity index is 431. The second-order valence-electron chi connectivity index (χ2n) is 4.59. The molecule has 1 aliphatic heterocycles. The summed E-state index contributed by atoms with van der Waals surface area (Å²) < 4.78 is 26.7. The van der Waals surface area contributed by atoms with Crippen molar-refractivity contribution in [3.8, 4) is 0 Å². The van der Waals surface area contributed by atoms with Gasteiger partial charge in [0.15, 0.2) is 0 Å². The largest absolute Gasteiger partial charge is 0.465 e. The first kappa shape index (κ1) is 13.7. The summed E-state index contributed by atoms with van der Waals surface area (Å²) in [5, 5.41) is 8.81. The van der Waals surface area contributed by atoms with Crippen molar-refractivity contribution in [1.29, 1.82) is 0 Å². The third-order valence-corrected chi connectivity index (χ3v) is 3.29. The van der Waals surface area contributed by atoms with Gasteiger partial charge in [0.2, 0.25) is 0 Å². The lowest BCUT2D eigenvalue weighted by atomic mass is 10.1. The van der Waals surface area contributed by atoms with Gasteiger partial charge in [0, 0.05) is 32.7 Å². The zero-order chi connectivity index (χ0) is 13.8. The van der Waals surface area contributed by atoms with Crippen molar-refractivity contribution in [2.24, 2.45) is 0 Å². The number of amides is 1. The Morgan fingerprint density at radius 2 is 1.79 bits per heavy atom. The Labute approximate surface area is 110 Å². The van der Waals surface area contributed by atoms with Crippen LogP contribution in [0.3, 0.4) is 0 Å². The lowest BCUT2D eigenvalue weighted by Gasteiger charge is -2.33. The quantitative estimate of drug-likeness (QED) is 0.915. The lowest BCUT2D eigenvalue weighted by molar-refractivity contribution is 0.0928. The summed E-state index contributed by atoms with van der Waals surface area (Å²) in [5.41, 5.74) is 0.446. The molecule has 1 N–H and O–H groups in total. The number of hydrogen-bond acceptors (Lipinski definition) is 2. The van der Waals surface area contributed by atoms with Crippen LogP contribution in [0.15, 0.2) is 24.3 Å². The Morgan fingerprint density at radius 1 is 1.21 bits per heavy atom. The number of nitrogens with zero attached hydrogens (tertiary/aromatic N) is 2. The van der Waals surface area contributed by atoms with Crippen LogP contribution < -0.4 is 0 Å². The topological polar surface area (TPSA) is 43.8 Å². The number of hydrogen-bond donors (Lipinski definition) is 1. The highest BCUT2D eigenvalue weighted by Crippen LogP contribution is 2.19. The van der Waals surface area contributed by atoms with Gasteiger partial charge in [0.1, 0.15) is 12.0 Å². The zero-order valence-electron chi connectivity index (χ0n) is 10.4. The third kappa shape index (κ3) is 3.64. The molecule has 0 spiro atoms. The molecule has 0 aromatic heterocycles. The van der Waals surface area contributed by atoms with Crippen LogP contribution in [0, 0.1) is 5.82 Å². The fourth-order valence-corrected chi connectivity index (χ4v) is 2.13. The van der Waals surface area contributed by atoms with Crippen LogP contribution in [0.5, 0.6) is 0 Å². The summed E-state index contributed by atoms with van der Waals surface area (Å²) in [4.78, 5) is 13.9. The van der Waals surface area contributed by atoms with Crippen LogP contribution in [0.2, 0.25) is 0 Å². The standard InChI is InChI=1S/C13H16F2N2O2/c14-11-3-1-10(2-4-11)12(15)9-16-5-7-17(8-6-16)13(18)19/h1-4,12H,5-9H2,(H,18,19). The first-order valence-electron chi connectivity index (χ1n) is 6.16. The van der Waals surface area contributed by atoms with Crippen LogP contribution in [0.4, 0.5) is 13.6 Å². The first-order valence-corrected chi connectivity index (χ1v) is 6.16. The number of halogens is 2. The van der Waals surface area contributed by atoms with Crippen LogP contribution >= 0.6 is 0 Å². The van der Waals surface area contributed by atoms with E-state index in [9.17, 15) is 13.6 Å². The molecular weight excluding hydrogens is 254 g/mol. The summed E-state index contributed by atoms with van der Waals surface area (Å²) in [6.45, 7) is 2.04. The predicted molar refractivity (Wildman–Crippen MR) is 66.3 cm³/mol.